The average Bonchev–Trinajstić information content (AvgIpc) is 2.43. The molecule has 0 atom stereocenters. The number of aromatic hydroxyl groups is 2. The van der Waals surface area contributed by atoms with Gasteiger partial charge in [0.05, 0.1) is 21.8 Å². The van der Waals surface area contributed by atoms with Crippen LogP contribution in [-0.2, 0) is 18.1 Å². The maximum absolute atomic E-state index is 11.9. The molecule has 1 aromatic carbocycles. The van der Waals surface area contributed by atoms with Crippen molar-refractivity contribution in [3.8, 4) is 11.5 Å². The van der Waals surface area contributed by atoms with Gasteiger partial charge in [0.1, 0.15) is 0 Å². The van der Waals surface area contributed by atoms with Crippen molar-refractivity contribution in [1.29, 1.82) is 0 Å². The van der Waals surface area contributed by atoms with E-state index < -0.39 is 61.3 Å². The average molecular weight is 441 g/mol. The fourth-order valence-corrected chi connectivity index (χ4v) is 4.63. The predicted octanol–water partition coefficient (Wildman–Crippen LogP) is 0.636. The summed E-state index contributed by atoms with van der Waals surface area (Å²) in [5.41, 5.74) is -2.80. The number of nitrogens with one attached hydrogen (secondary N) is 2. The van der Waals surface area contributed by atoms with Crippen LogP contribution in [0.2, 0.25) is 0 Å². The molecule has 0 spiro atoms. The number of hydrogen-bond acceptors (Lipinski definition) is 8. The second kappa shape index (κ2) is 5.61. The lowest BCUT2D eigenvalue weighted by molar-refractivity contribution is 0.458. The Kier molecular flexibility index (Phi) is 3.99. The lowest BCUT2D eigenvalue weighted by atomic mass is 10.1. The summed E-state index contributed by atoms with van der Waals surface area (Å²) in [6.07, 6.45) is 0. The van der Waals surface area contributed by atoms with E-state index in [1.54, 1.807) is 0 Å². The lowest BCUT2D eigenvalue weighted by Gasteiger charge is -2.11. The molecule has 0 radical (unpaired) electrons. The van der Waals surface area contributed by atoms with Crippen molar-refractivity contribution >= 4 is 61.3 Å². The molecule has 14 heteroatoms. The zero-order valence-corrected chi connectivity index (χ0v) is 15.2. The van der Waals surface area contributed by atoms with Gasteiger partial charge in [-0.05, 0) is 12.1 Å². The van der Waals surface area contributed by atoms with E-state index in [0.29, 0.717) is 0 Å². The van der Waals surface area contributed by atoms with Gasteiger partial charge in [0.2, 0.25) is 0 Å². The Bertz CT molecular complexity index is 1330. The Labute approximate surface area is 152 Å². The minimum atomic E-state index is -4.70. The first-order valence-corrected chi connectivity index (χ1v) is 11.0. The highest BCUT2D eigenvalue weighted by atomic mass is 35.7. The van der Waals surface area contributed by atoms with E-state index in [4.69, 9.17) is 21.4 Å². The van der Waals surface area contributed by atoms with Crippen LogP contribution in [0, 0.1) is 0 Å². The number of halogens is 2. The molecule has 0 aliphatic carbocycles. The van der Waals surface area contributed by atoms with Crippen molar-refractivity contribution in [3.05, 3.63) is 32.8 Å². The third kappa shape index (κ3) is 2.70. The molecule has 0 saturated carbocycles. The van der Waals surface area contributed by atoms with Gasteiger partial charge in [-0.1, -0.05) is 0 Å². The topological polar surface area (TPSA) is 174 Å². The number of rotatable bonds is 2. The maximum atomic E-state index is 11.9. The van der Waals surface area contributed by atoms with Crippen molar-refractivity contribution in [3.63, 3.8) is 0 Å². The van der Waals surface area contributed by atoms with Crippen molar-refractivity contribution in [2.45, 2.75) is 9.79 Å². The zero-order chi connectivity index (χ0) is 19.6. The Balaban J connectivity index is 2.75. The minimum absolute atomic E-state index is 0.163. The summed E-state index contributed by atoms with van der Waals surface area (Å²) in [4.78, 5) is 25.6. The van der Waals surface area contributed by atoms with E-state index in [2.05, 4.69) is 9.97 Å². The number of hydrogen-bond donors (Lipinski definition) is 4. The fourth-order valence-electron chi connectivity index (χ4n) is 2.56. The molecule has 3 aromatic rings. The first-order valence-electron chi connectivity index (χ1n) is 6.40. The van der Waals surface area contributed by atoms with Crippen molar-refractivity contribution in [2.75, 3.05) is 0 Å². The van der Waals surface area contributed by atoms with Crippen LogP contribution in [0.4, 0.5) is 0 Å². The van der Waals surface area contributed by atoms with Crippen LogP contribution in [-0.4, -0.2) is 37.0 Å². The van der Waals surface area contributed by atoms with Gasteiger partial charge in [0.25, 0.3) is 29.2 Å². The Morgan fingerprint density at radius 1 is 0.731 bits per heavy atom. The highest BCUT2D eigenvalue weighted by molar-refractivity contribution is 8.14. The molecule has 4 N–H and O–H groups in total. The predicted molar refractivity (Wildman–Crippen MR) is 92.1 cm³/mol. The first kappa shape index (κ1) is 18.5. The summed E-state index contributed by atoms with van der Waals surface area (Å²) in [6, 6.07) is 2.38. The van der Waals surface area contributed by atoms with Gasteiger partial charge < -0.3 is 20.2 Å². The summed E-state index contributed by atoms with van der Waals surface area (Å²) >= 11 is 0. The summed E-state index contributed by atoms with van der Waals surface area (Å²) in [6.45, 7) is 0. The quantitative estimate of drug-likeness (QED) is 0.331. The van der Waals surface area contributed by atoms with E-state index in [-0.39, 0.29) is 11.0 Å². The highest BCUT2D eigenvalue weighted by Crippen LogP contribution is 2.40. The van der Waals surface area contributed by atoms with Gasteiger partial charge in [0, 0.05) is 21.4 Å². The van der Waals surface area contributed by atoms with E-state index in [0.717, 1.165) is 0 Å². The van der Waals surface area contributed by atoms with Gasteiger partial charge in [0.15, 0.2) is 21.3 Å². The number of aromatic amines is 2. The molecule has 2 aromatic heterocycles. The third-order valence-electron chi connectivity index (χ3n) is 3.51. The van der Waals surface area contributed by atoms with Gasteiger partial charge in [-0.2, -0.15) is 0 Å². The lowest BCUT2D eigenvalue weighted by Crippen LogP contribution is -2.16. The molecule has 0 amide bonds. The number of benzene rings is 1. The number of aromatic nitrogens is 2. The molecule has 3 rings (SSSR count). The normalized spacial score (nSPS) is 12.7. The first-order chi connectivity index (χ1) is 11.8. The minimum Gasteiger partial charge on any atom is -0.506 e. The largest absolute Gasteiger partial charge is 0.506 e. The van der Waals surface area contributed by atoms with E-state index in [9.17, 15) is 36.6 Å². The summed E-state index contributed by atoms with van der Waals surface area (Å²) < 4.78 is 46.3. The molecule has 0 aliphatic heterocycles. The summed E-state index contributed by atoms with van der Waals surface area (Å²) in [5.74, 6) is -2.27. The molecule has 2 heterocycles. The van der Waals surface area contributed by atoms with E-state index >= 15 is 0 Å². The van der Waals surface area contributed by atoms with Crippen LogP contribution < -0.4 is 11.1 Å². The van der Waals surface area contributed by atoms with Crippen LogP contribution in [0.1, 0.15) is 0 Å². The van der Waals surface area contributed by atoms with E-state index in [1.165, 1.54) is 12.1 Å². The zero-order valence-electron chi connectivity index (χ0n) is 12.1. The second-order valence-corrected chi connectivity index (χ2v) is 10.1. The second-order valence-electron chi connectivity index (χ2n) is 5.05. The van der Waals surface area contributed by atoms with Crippen LogP contribution in [0.3, 0.4) is 0 Å². The molecule has 0 unspecified atom stereocenters. The number of pyridine rings is 2. The summed E-state index contributed by atoms with van der Waals surface area (Å²) in [7, 11) is 0.882. The van der Waals surface area contributed by atoms with Crippen LogP contribution in [0.25, 0.3) is 21.8 Å². The number of fused-ring (bicyclic) bond motifs is 3. The Hall–Kier alpha value is -2.28. The number of H-pyrrole nitrogens is 2. The molecule has 0 bridgehead atoms. The molecule has 0 fully saturated rings. The molecule has 138 valence electrons. The van der Waals surface area contributed by atoms with Crippen molar-refractivity contribution in [2.24, 2.45) is 0 Å². The van der Waals surface area contributed by atoms with Crippen molar-refractivity contribution in [1.82, 2.24) is 9.97 Å². The van der Waals surface area contributed by atoms with Crippen molar-refractivity contribution < 1.29 is 27.0 Å². The fraction of sp³-hybridized carbons (Fsp3) is 0. The van der Waals surface area contributed by atoms with Gasteiger partial charge in [-0.3, -0.25) is 9.59 Å². The Morgan fingerprint density at radius 2 is 1.04 bits per heavy atom. The molecular formula is C12H6Cl2N2O8S2. The van der Waals surface area contributed by atoms with Crippen LogP contribution >= 0.6 is 21.4 Å². The molecule has 0 aliphatic rings. The summed E-state index contributed by atoms with van der Waals surface area (Å²) in [5, 5.41) is 19.6. The molecule has 10 nitrogen and oxygen atoms in total. The molecular weight excluding hydrogens is 435 g/mol. The third-order valence-corrected chi connectivity index (χ3v) is 6.16. The van der Waals surface area contributed by atoms with Gasteiger partial charge >= 0.3 is 0 Å². The Morgan fingerprint density at radius 3 is 1.31 bits per heavy atom. The van der Waals surface area contributed by atoms with Crippen LogP contribution in [0.5, 0.6) is 11.5 Å². The monoisotopic (exact) mass is 440 g/mol. The van der Waals surface area contributed by atoms with Gasteiger partial charge in [-0.15, -0.1) is 0 Å². The highest BCUT2D eigenvalue weighted by Gasteiger charge is 2.28. The van der Waals surface area contributed by atoms with Crippen LogP contribution in [0.15, 0.2) is 31.5 Å². The maximum Gasteiger partial charge on any atom is 0.272 e. The molecule has 26 heavy (non-hydrogen) atoms. The smallest absolute Gasteiger partial charge is 0.272 e. The van der Waals surface area contributed by atoms with E-state index in [1.807, 2.05) is 0 Å². The SMILES string of the molecule is O=c1[nH]c2ccc3[nH]c(=O)c(S(=O)(=O)Cl)c(O)c3c2c(O)c1S(=O)(=O)Cl. The standard InChI is InChI=1S/C12H6Cl2N2O8S2/c13-25(21,22)9-7(17)5-3(15-11(9)19)1-2-4-6(5)8(18)10(12(20)16-4)26(14,23)24/h1-2H,(H2,15,17,19)(H2,16,18,20). The van der Waals surface area contributed by atoms with Gasteiger partial charge in [-0.25, -0.2) is 16.8 Å². The molecule has 0 saturated heterocycles.